The van der Waals surface area contributed by atoms with Gasteiger partial charge in [-0.1, -0.05) is 184 Å². The maximum Gasteiger partial charge on any atom is 0.220 e. The molecular weight excluding hydrogens is 895 g/mol. The van der Waals surface area contributed by atoms with Crippen molar-refractivity contribution in [3.8, 4) is 0 Å². The van der Waals surface area contributed by atoms with Gasteiger partial charge >= 0.3 is 0 Å². The fourth-order valence-corrected chi connectivity index (χ4v) is 8.92. The topological polar surface area (TPSA) is 228 Å². The first-order valence-electron chi connectivity index (χ1n) is 27.9. The second-order valence-corrected chi connectivity index (χ2v) is 19.7. The van der Waals surface area contributed by atoms with Crippen LogP contribution in [0.2, 0.25) is 0 Å². The number of nitrogens with one attached hydrogen (secondary N) is 1. The molecule has 2 rings (SSSR count). The normalized spacial score (nSPS) is 26.3. The number of hydrogen-bond acceptors (Lipinski definition) is 13. The van der Waals surface area contributed by atoms with Crippen LogP contribution in [0.4, 0.5) is 0 Å². The molecule has 2 heterocycles. The number of amides is 1. The Morgan fingerprint density at radius 1 is 0.514 bits per heavy atom. The van der Waals surface area contributed by atoms with E-state index in [2.05, 4.69) is 55.6 Å². The van der Waals surface area contributed by atoms with Gasteiger partial charge in [-0.15, -0.1) is 0 Å². The van der Waals surface area contributed by atoms with Crippen molar-refractivity contribution >= 4 is 5.91 Å². The first-order valence-corrected chi connectivity index (χ1v) is 27.9. The minimum atomic E-state index is -1.79. The van der Waals surface area contributed by atoms with Gasteiger partial charge in [-0.25, -0.2) is 0 Å². The number of ether oxygens (including phenoxy) is 4. The summed E-state index contributed by atoms with van der Waals surface area (Å²) in [6.07, 6.45) is 34.3. The number of allylic oxidation sites excluding steroid dienone is 7. The maximum atomic E-state index is 13.2. The van der Waals surface area contributed by atoms with E-state index in [-0.39, 0.29) is 18.9 Å². The Bertz CT molecular complexity index is 1360. The molecule has 12 atom stereocenters. The van der Waals surface area contributed by atoms with E-state index in [0.29, 0.717) is 12.8 Å². The molecule has 2 aliphatic rings. The van der Waals surface area contributed by atoms with Crippen LogP contribution in [0.5, 0.6) is 0 Å². The van der Waals surface area contributed by atoms with Crippen LogP contribution in [0.3, 0.4) is 0 Å². The Balaban J connectivity index is 1.83. The smallest absolute Gasteiger partial charge is 0.220 e. The van der Waals surface area contributed by atoms with E-state index in [9.17, 15) is 45.6 Å². The Kier molecular flexibility index (Phi) is 38.7. The molecule has 0 saturated carbocycles. The van der Waals surface area contributed by atoms with E-state index in [4.69, 9.17) is 18.9 Å². The second kappa shape index (κ2) is 42.3. The molecule has 2 fully saturated rings. The molecule has 2 saturated heterocycles. The molecule has 70 heavy (non-hydrogen) atoms. The van der Waals surface area contributed by atoms with Crippen LogP contribution in [0.15, 0.2) is 48.6 Å². The van der Waals surface area contributed by atoms with Crippen molar-refractivity contribution in [1.82, 2.24) is 5.32 Å². The molecule has 0 bridgehead atoms. The maximum absolute atomic E-state index is 13.2. The number of aliphatic hydroxyl groups is 8. The summed E-state index contributed by atoms with van der Waals surface area (Å²) in [6.45, 7) is 2.75. The summed E-state index contributed by atoms with van der Waals surface area (Å²) in [7, 11) is 0. The van der Waals surface area contributed by atoms with Crippen molar-refractivity contribution in [1.29, 1.82) is 0 Å². The fraction of sp³-hybridized carbons (Fsp3) is 0.839. The van der Waals surface area contributed by atoms with E-state index in [1.54, 1.807) is 6.08 Å². The molecule has 0 radical (unpaired) electrons. The summed E-state index contributed by atoms with van der Waals surface area (Å²) in [4.78, 5) is 13.2. The third kappa shape index (κ3) is 28.4. The highest BCUT2D eigenvalue weighted by atomic mass is 16.7. The summed E-state index contributed by atoms with van der Waals surface area (Å²) in [5, 5.41) is 86.9. The first-order chi connectivity index (χ1) is 34.1. The molecule has 0 aromatic heterocycles. The average Bonchev–Trinajstić information content (AvgIpc) is 3.36. The number of carbonyl (C=O) groups excluding carboxylic acids is 1. The van der Waals surface area contributed by atoms with Crippen molar-refractivity contribution in [3.63, 3.8) is 0 Å². The Labute approximate surface area is 423 Å². The van der Waals surface area contributed by atoms with Crippen LogP contribution in [0.25, 0.3) is 0 Å². The van der Waals surface area contributed by atoms with Crippen molar-refractivity contribution in [2.45, 2.75) is 280 Å². The highest BCUT2D eigenvalue weighted by Crippen LogP contribution is 2.30. The molecule has 2 aliphatic heterocycles. The quantitative estimate of drug-likeness (QED) is 0.0207. The predicted molar refractivity (Wildman–Crippen MR) is 277 cm³/mol. The number of hydrogen-bond donors (Lipinski definition) is 9. The molecule has 408 valence electrons. The Hall–Kier alpha value is -2.05. The van der Waals surface area contributed by atoms with Crippen molar-refractivity contribution in [2.24, 2.45) is 0 Å². The van der Waals surface area contributed by atoms with E-state index < -0.39 is 86.8 Å². The van der Waals surface area contributed by atoms with E-state index in [1.165, 1.54) is 122 Å². The van der Waals surface area contributed by atoms with Crippen LogP contribution >= 0.6 is 0 Å². The van der Waals surface area contributed by atoms with E-state index in [0.717, 1.165) is 51.4 Å². The van der Waals surface area contributed by atoms with Gasteiger partial charge in [0.15, 0.2) is 12.6 Å². The molecule has 0 spiro atoms. The van der Waals surface area contributed by atoms with Crippen molar-refractivity contribution < 1.29 is 64.6 Å². The summed E-state index contributed by atoms with van der Waals surface area (Å²) in [5.74, 6) is -0.258. The largest absolute Gasteiger partial charge is 0.394 e. The predicted octanol–water partition coefficient (Wildman–Crippen LogP) is 8.44. The minimum Gasteiger partial charge on any atom is -0.394 e. The second-order valence-electron chi connectivity index (χ2n) is 19.7. The lowest BCUT2D eigenvalue weighted by molar-refractivity contribution is -0.359. The lowest BCUT2D eigenvalue weighted by Gasteiger charge is -2.46. The molecular formula is C56H101NO13. The molecule has 0 aromatic carbocycles. The van der Waals surface area contributed by atoms with Crippen LogP contribution in [0.1, 0.15) is 206 Å². The summed E-state index contributed by atoms with van der Waals surface area (Å²) in [6, 6.07) is -0.936. The minimum absolute atomic E-state index is 0.258. The molecule has 1 amide bonds. The summed E-state index contributed by atoms with van der Waals surface area (Å²) >= 11 is 0. The van der Waals surface area contributed by atoms with Crippen LogP contribution < -0.4 is 5.32 Å². The fourth-order valence-electron chi connectivity index (χ4n) is 8.92. The Morgan fingerprint density at radius 2 is 0.957 bits per heavy atom. The third-order valence-electron chi connectivity index (χ3n) is 13.5. The number of aliphatic hydroxyl groups excluding tert-OH is 8. The van der Waals surface area contributed by atoms with Crippen molar-refractivity contribution in [2.75, 3.05) is 19.8 Å². The zero-order valence-electron chi connectivity index (χ0n) is 43.5. The van der Waals surface area contributed by atoms with Crippen LogP contribution in [-0.2, 0) is 23.7 Å². The lowest BCUT2D eigenvalue weighted by Crippen LogP contribution is -2.65. The SMILES string of the molecule is CCCCCC/C=C\C/C=C\CCCCCCCCCC(=O)NC(COC1OC(CO)C(OC2OC(CO)C(O)C(O)C2O)C(O)C1O)C(O)/C=C/CC/C=C/CCCCCCCCCCCCCC. The van der Waals surface area contributed by atoms with Gasteiger partial charge in [0.2, 0.25) is 5.91 Å². The van der Waals surface area contributed by atoms with Gasteiger partial charge in [0.1, 0.15) is 48.8 Å². The molecule has 14 nitrogen and oxygen atoms in total. The van der Waals surface area contributed by atoms with Gasteiger partial charge in [0.25, 0.3) is 0 Å². The molecule has 14 heteroatoms. The van der Waals surface area contributed by atoms with E-state index >= 15 is 0 Å². The highest BCUT2D eigenvalue weighted by Gasteiger charge is 2.51. The zero-order chi connectivity index (χ0) is 51.0. The highest BCUT2D eigenvalue weighted by molar-refractivity contribution is 5.76. The van der Waals surface area contributed by atoms with Gasteiger partial charge in [0.05, 0.1) is 32.0 Å². The van der Waals surface area contributed by atoms with Crippen LogP contribution in [-0.4, -0.2) is 140 Å². The molecule has 0 aromatic rings. The van der Waals surface area contributed by atoms with Gasteiger partial charge in [-0.2, -0.15) is 0 Å². The van der Waals surface area contributed by atoms with Crippen molar-refractivity contribution in [3.05, 3.63) is 48.6 Å². The van der Waals surface area contributed by atoms with E-state index in [1.807, 2.05) is 6.08 Å². The molecule has 0 aliphatic carbocycles. The van der Waals surface area contributed by atoms with Gasteiger partial charge < -0.3 is 65.1 Å². The summed E-state index contributed by atoms with van der Waals surface area (Å²) in [5.41, 5.74) is 0. The van der Waals surface area contributed by atoms with Gasteiger partial charge in [-0.05, 0) is 64.2 Å². The zero-order valence-corrected chi connectivity index (χ0v) is 43.5. The van der Waals surface area contributed by atoms with Gasteiger partial charge in [-0.3, -0.25) is 4.79 Å². The lowest BCUT2D eigenvalue weighted by atomic mass is 9.97. The molecule has 9 N–H and O–H groups in total. The number of rotatable bonds is 43. The number of carbonyl (C=O) groups is 1. The molecule has 12 unspecified atom stereocenters. The average molecular weight is 996 g/mol. The van der Waals surface area contributed by atoms with Crippen LogP contribution in [0, 0.1) is 0 Å². The van der Waals surface area contributed by atoms with Gasteiger partial charge in [0, 0.05) is 6.42 Å². The first kappa shape index (κ1) is 64.1. The Morgan fingerprint density at radius 3 is 1.50 bits per heavy atom. The number of unbranched alkanes of at least 4 members (excludes halogenated alkanes) is 24. The third-order valence-corrected chi connectivity index (χ3v) is 13.5. The monoisotopic (exact) mass is 996 g/mol. The summed E-state index contributed by atoms with van der Waals surface area (Å²) < 4.78 is 22.7. The standard InChI is InChI=1S/C56H101NO13/c1-3-5-7-9-11-13-15-17-19-21-23-25-27-29-31-33-35-37-39-45(60)44(57-48(61)40-38-36-34-32-30-28-26-24-22-20-18-16-14-12-10-8-6-4-2)43-67-55-53(66)51(64)54(47(42-59)69-55)70-56-52(65)50(63)49(62)46(41-58)68-56/h14,16,20,22,29,31,37,39,44-47,49-56,58-60,62-66H,3-13,15,17-19,21,23-28,30,32-36,38,40-43H2,1-2H3,(H,57,61)/b16-14-,22-20-,31-29+,39-37+.